The Morgan fingerprint density at radius 1 is 1.56 bits per heavy atom. The molecule has 9 heavy (non-hydrogen) atoms. The summed E-state index contributed by atoms with van der Waals surface area (Å²) in [5.74, 6) is 0. The van der Waals surface area contributed by atoms with Crippen molar-refractivity contribution in [2.24, 2.45) is 0 Å². The van der Waals surface area contributed by atoms with Crippen LogP contribution in [0.5, 0.6) is 0 Å². The topological polar surface area (TPSA) is 36.7 Å². The molecule has 2 nitrogen and oxygen atoms in total. The van der Waals surface area contributed by atoms with Gasteiger partial charge in [-0.3, -0.25) is 5.73 Å². The van der Waals surface area contributed by atoms with Crippen molar-refractivity contribution in [3.8, 4) is 0 Å². The van der Waals surface area contributed by atoms with E-state index in [1.165, 1.54) is 0 Å². The molecule has 0 aliphatic heterocycles. The molecule has 1 aromatic rings. The van der Waals surface area contributed by atoms with Crippen molar-refractivity contribution in [2.75, 3.05) is 0 Å². The summed E-state index contributed by atoms with van der Waals surface area (Å²) in [7, 11) is 0. The monoisotopic (exact) mass is 185 g/mol. The molecule has 1 aromatic heterocycles. The van der Waals surface area contributed by atoms with Crippen molar-refractivity contribution >= 4 is 15.9 Å². The highest BCUT2D eigenvalue weighted by atomic mass is 79.9. The van der Waals surface area contributed by atoms with Gasteiger partial charge in [0.1, 0.15) is 4.60 Å². The second kappa shape index (κ2) is 2.94. The first-order valence-corrected chi connectivity index (χ1v) is 3.37. The van der Waals surface area contributed by atoms with Gasteiger partial charge in [0.15, 0.2) is 0 Å². The van der Waals surface area contributed by atoms with Gasteiger partial charge in [-0.05, 0) is 27.6 Å². The van der Waals surface area contributed by atoms with E-state index in [-0.39, 0.29) is 0 Å². The Kier molecular flexibility index (Phi) is 2.19. The summed E-state index contributed by atoms with van der Waals surface area (Å²) in [5, 5.41) is 0. The highest BCUT2D eigenvalue weighted by Gasteiger charge is 1.87. The molecule has 0 fully saturated rings. The maximum Gasteiger partial charge on any atom is 0.106 e. The molecule has 0 bridgehead atoms. The molecule has 0 aliphatic rings. The summed E-state index contributed by atoms with van der Waals surface area (Å²) in [5.41, 5.74) is 7.90. The quantitative estimate of drug-likeness (QED) is 0.614. The highest BCUT2D eigenvalue weighted by molar-refractivity contribution is 9.10. The zero-order valence-electron chi connectivity index (χ0n) is 4.76. The molecule has 1 radical (unpaired) electrons. The lowest BCUT2D eigenvalue weighted by Gasteiger charge is -1.92. The molecule has 0 spiro atoms. The molecule has 0 atom stereocenters. The van der Waals surface area contributed by atoms with Crippen molar-refractivity contribution in [1.82, 2.24) is 10.7 Å². The number of nitrogens with zero attached hydrogens (tertiary/aromatic N) is 1. The van der Waals surface area contributed by atoms with Gasteiger partial charge in [-0.25, -0.2) is 4.98 Å². The van der Waals surface area contributed by atoms with Crippen LogP contribution in [0.25, 0.3) is 0 Å². The fraction of sp³-hybridized carbons (Fsp3) is 0.167. The molecule has 0 aliphatic carbocycles. The van der Waals surface area contributed by atoms with Crippen molar-refractivity contribution in [2.45, 2.75) is 6.54 Å². The number of aromatic nitrogens is 1. The van der Waals surface area contributed by atoms with Crippen LogP contribution in [-0.4, -0.2) is 4.98 Å². The summed E-state index contributed by atoms with van der Waals surface area (Å²) in [4.78, 5) is 3.95. The maximum atomic E-state index is 6.96. The van der Waals surface area contributed by atoms with Gasteiger partial charge in [0, 0.05) is 12.7 Å². The molecule has 47 valence electrons. The number of halogens is 1. The van der Waals surface area contributed by atoms with Gasteiger partial charge in [-0.15, -0.1) is 0 Å². The first-order valence-electron chi connectivity index (χ1n) is 2.58. The van der Waals surface area contributed by atoms with Crippen molar-refractivity contribution < 1.29 is 0 Å². The third-order valence-corrected chi connectivity index (χ3v) is 1.46. The van der Waals surface area contributed by atoms with Crippen LogP contribution >= 0.6 is 15.9 Å². The van der Waals surface area contributed by atoms with Gasteiger partial charge in [0.05, 0.1) is 0 Å². The van der Waals surface area contributed by atoms with Gasteiger partial charge in [0.25, 0.3) is 0 Å². The van der Waals surface area contributed by atoms with Crippen molar-refractivity contribution in [3.63, 3.8) is 0 Å². The van der Waals surface area contributed by atoms with E-state index in [1.54, 1.807) is 6.20 Å². The summed E-state index contributed by atoms with van der Waals surface area (Å²) in [6, 6.07) is 3.72. The first kappa shape index (κ1) is 6.71. The van der Waals surface area contributed by atoms with Crippen LogP contribution in [0.1, 0.15) is 5.56 Å². The Morgan fingerprint density at radius 2 is 2.33 bits per heavy atom. The van der Waals surface area contributed by atoms with E-state index in [0.717, 1.165) is 10.2 Å². The maximum absolute atomic E-state index is 6.96. The van der Waals surface area contributed by atoms with Crippen LogP contribution in [0.2, 0.25) is 0 Å². The molecule has 0 saturated carbocycles. The predicted molar refractivity (Wildman–Crippen MR) is 38.7 cm³/mol. The summed E-state index contributed by atoms with van der Waals surface area (Å²) in [6.45, 7) is 0.306. The van der Waals surface area contributed by atoms with Crippen LogP contribution in [-0.2, 0) is 6.54 Å². The second-order valence-electron chi connectivity index (χ2n) is 1.67. The molecule has 1 heterocycles. The Labute approximate surface area is 62.2 Å². The van der Waals surface area contributed by atoms with E-state index < -0.39 is 0 Å². The molecular weight excluding hydrogens is 180 g/mol. The van der Waals surface area contributed by atoms with Crippen LogP contribution in [0.15, 0.2) is 22.9 Å². The smallest absolute Gasteiger partial charge is 0.106 e. The zero-order valence-corrected chi connectivity index (χ0v) is 6.35. The van der Waals surface area contributed by atoms with Crippen molar-refractivity contribution in [3.05, 3.63) is 28.5 Å². The van der Waals surface area contributed by atoms with E-state index in [9.17, 15) is 0 Å². The third kappa shape index (κ3) is 1.77. The minimum Gasteiger partial charge on any atom is -0.253 e. The summed E-state index contributed by atoms with van der Waals surface area (Å²) in [6.07, 6.45) is 1.69. The lowest BCUT2D eigenvalue weighted by molar-refractivity contribution is 1.01. The normalized spacial score (nSPS) is 9.56. The van der Waals surface area contributed by atoms with Gasteiger partial charge < -0.3 is 0 Å². The molecule has 3 heteroatoms. The highest BCUT2D eigenvalue weighted by Crippen LogP contribution is 2.05. The average Bonchev–Trinajstić information content (AvgIpc) is 1.90. The van der Waals surface area contributed by atoms with Gasteiger partial charge in [-0.2, -0.15) is 0 Å². The van der Waals surface area contributed by atoms with Crippen LogP contribution in [0.4, 0.5) is 0 Å². The largest absolute Gasteiger partial charge is 0.253 e. The van der Waals surface area contributed by atoms with E-state index >= 15 is 0 Å². The third-order valence-electron chi connectivity index (χ3n) is 0.993. The Hall–Kier alpha value is -0.410. The summed E-state index contributed by atoms with van der Waals surface area (Å²) < 4.78 is 0.819. The second-order valence-corrected chi connectivity index (χ2v) is 2.48. The molecular formula is C6H6BrN2. The molecule has 1 rings (SSSR count). The number of nitrogens with one attached hydrogen (secondary N) is 1. The van der Waals surface area contributed by atoms with Gasteiger partial charge >= 0.3 is 0 Å². The fourth-order valence-electron chi connectivity index (χ4n) is 0.511. The van der Waals surface area contributed by atoms with Gasteiger partial charge in [-0.1, -0.05) is 6.07 Å². The van der Waals surface area contributed by atoms with Gasteiger partial charge in [0.2, 0.25) is 0 Å². The zero-order chi connectivity index (χ0) is 6.69. The Balaban J connectivity index is 2.88. The number of hydrogen-bond donors (Lipinski definition) is 0. The molecule has 0 amide bonds. The number of rotatable bonds is 1. The van der Waals surface area contributed by atoms with E-state index in [1.807, 2.05) is 12.1 Å². The van der Waals surface area contributed by atoms with Crippen LogP contribution in [0.3, 0.4) is 0 Å². The Morgan fingerprint density at radius 3 is 2.78 bits per heavy atom. The van der Waals surface area contributed by atoms with E-state index in [4.69, 9.17) is 5.73 Å². The average molecular weight is 186 g/mol. The van der Waals surface area contributed by atoms with E-state index in [0.29, 0.717) is 6.54 Å². The molecule has 0 saturated heterocycles. The van der Waals surface area contributed by atoms with Crippen molar-refractivity contribution in [1.29, 1.82) is 0 Å². The Bertz CT molecular complexity index is 183. The van der Waals surface area contributed by atoms with E-state index in [2.05, 4.69) is 20.9 Å². The molecule has 0 unspecified atom stereocenters. The summed E-state index contributed by atoms with van der Waals surface area (Å²) >= 11 is 3.20. The fourth-order valence-corrected chi connectivity index (χ4v) is 0.746. The molecule has 1 N–H and O–H groups in total. The number of pyridine rings is 1. The minimum absolute atomic E-state index is 0.306. The number of hydrogen-bond acceptors (Lipinski definition) is 1. The lowest BCUT2D eigenvalue weighted by Crippen LogP contribution is -1.84. The van der Waals surface area contributed by atoms with Crippen LogP contribution in [0, 0.1) is 0 Å². The SMILES string of the molecule is [NH]Cc1ccc(Br)nc1. The first-order chi connectivity index (χ1) is 4.33. The molecule has 0 aromatic carbocycles. The lowest BCUT2D eigenvalue weighted by atomic mass is 10.3. The minimum atomic E-state index is 0.306. The van der Waals surface area contributed by atoms with Crippen LogP contribution < -0.4 is 5.73 Å². The predicted octanol–water partition coefficient (Wildman–Crippen LogP) is 1.63. The standard InChI is InChI=1S/C6H6BrN2/c7-6-2-1-5(3-8)4-9-6/h1-2,4,8H,3H2.